The molecule has 0 aromatic carbocycles. The maximum atomic E-state index is 11.6. The van der Waals surface area contributed by atoms with Gasteiger partial charge in [-0.2, -0.15) is 0 Å². The van der Waals surface area contributed by atoms with Crippen LogP contribution in [0.2, 0.25) is 0 Å². The predicted octanol–water partition coefficient (Wildman–Crippen LogP) is 1.40. The van der Waals surface area contributed by atoms with Crippen molar-refractivity contribution >= 4 is 5.97 Å². The largest absolute Gasteiger partial charge is 0.480 e. The number of H-pyrrole nitrogens is 1. The summed E-state index contributed by atoms with van der Waals surface area (Å²) in [5.74, 6) is -0.0335. The lowest BCUT2D eigenvalue weighted by molar-refractivity contribution is -0.144. The zero-order chi connectivity index (χ0) is 14.8. The van der Waals surface area contributed by atoms with Gasteiger partial charge in [0.25, 0.3) is 0 Å². The van der Waals surface area contributed by atoms with Gasteiger partial charge in [-0.25, -0.2) is 4.98 Å². The van der Waals surface area contributed by atoms with Crippen LogP contribution in [0.25, 0.3) is 0 Å². The second-order valence-corrected chi connectivity index (χ2v) is 6.17. The predicted molar refractivity (Wildman–Crippen MR) is 79.1 cm³/mol. The van der Waals surface area contributed by atoms with Crippen molar-refractivity contribution in [3.05, 3.63) is 17.7 Å². The molecule has 1 aliphatic carbocycles. The van der Waals surface area contributed by atoms with Gasteiger partial charge in [0.1, 0.15) is 5.82 Å². The molecule has 1 aromatic heterocycles. The van der Waals surface area contributed by atoms with Crippen LogP contribution in [0.4, 0.5) is 0 Å². The van der Waals surface area contributed by atoms with Gasteiger partial charge >= 0.3 is 5.97 Å². The number of imidazole rings is 1. The van der Waals surface area contributed by atoms with Gasteiger partial charge in [-0.05, 0) is 19.8 Å². The number of nitrogens with one attached hydrogen (secondary N) is 1. The van der Waals surface area contributed by atoms with Crippen LogP contribution in [0, 0.1) is 6.92 Å². The molecule has 3 rings (SSSR count). The molecule has 2 N–H and O–H groups in total. The van der Waals surface area contributed by atoms with Crippen molar-refractivity contribution < 1.29 is 9.90 Å². The Morgan fingerprint density at radius 2 is 2.00 bits per heavy atom. The lowest BCUT2D eigenvalue weighted by atomic mass is 10.1. The molecule has 0 amide bonds. The van der Waals surface area contributed by atoms with Crippen molar-refractivity contribution in [2.75, 3.05) is 26.2 Å². The van der Waals surface area contributed by atoms with E-state index >= 15 is 0 Å². The molecule has 2 aliphatic rings. The summed E-state index contributed by atoms with van der Waals surface area (Å²) in [6.45, 7) is 5.42. The molecule has 116 valence electrons. The molecule has 1 saturated heterocycles. The van der Waals surface area contributed by atoms with E-state index < -0.39 is 12.0 Å². The van der Waals surface area contributed by atoms with E-state index in [9.17, 15) is 9.90 Å². The molecule has 2 heterocycles. The number of hydrogen-bond donors (Lipinski definition) is 2. The van der Waals surface area contributed by atoms with Crippen LogP contribution in [0.3, 0.4) is 0 Å². The van der Waals surface area contributed by atoms with Crippen molar-refractivity contribution in [1.29, 1.82) is 0 Å². The summed E-state index contributed by atoms with van der Waals surface area (Å²) >= 11 is 0. The van der Waals surface area contributed by atoms with E-state index in [0.717, 1.165) is 38.0 Å². The van der Waals surface area contributed by atoms with Crippen LogP contribution in [-0.4, -0.2) is 63.1 Å². The van der Waals surface area contributed by atoms with Crippen LogP contribution in [0.1, 0.15) is 43.2 Å². The first-order valence-electron chi connectivity index (χ1n) is 7.87. The highest BCUT2D eigenvalue weighted by Gasteiger charge is 2.33. The van der Waals surface area contributed by atoms with Gasteiger partial charge < -0.3 is 10.1 Å². The fraction of sp³-hybridized carbons (Fsp3) is 0.733. The maximum Gasteiger partial charge on any atom is 0.327 e. The molecule has 6 nitrogen and oxygen atoms in total. The zero-order valence-corrected chi connectivity index (χ0v) is 12.6. The SMILES string of the molecule is Cc1ncc(C(C(=O)O)N2CCN(C3CCCC3)CC2)[nH]1. The van der Waals surface area contributed by atoms with Crippen molar-refractivity contribution in [3.8, 4) is 0 Å². The van der Waals surface area contributed by atoms with Crippen LogP contribution in [-0.2, 0) is 4.79 Å². The average Bonchev–Trinajstić information content (AvgIpc) is 3.11. The number of aliphatic carboxylic acids is 1. The zero-order valence-electron chi connectivity index (χ0n) is 12.6. The summed E-state index contributed by atoms with van der Waals surface area (Å²) in [7, 11) is 0. The third kappa shape index (κ3) is 3.11. The maximum absolute atomic E-state index is 11.6. The molecule has 0 bridgehead atoms. The molecule has 1 aromatic rings. The summed E-state index contributed by atoms with van der Waals surface area (Å²) < 4.78 is 0. The monoisotopic (exact) mass is 292 g/mol. The van der Waals surface area contributed by atoms with Crippen molar-refractivity contribution in [1.82, 2.24) is 19.8 Å². The first kappa shape index (κ1) is 14.5. The summed E-state index contributed by atoms with van der Waals surface area (Å²) in [5, 5.41) is 9.56. The number of aromatic nitrogens is 2. The number of aryl methyl sites for hydroxylation is 1. The van der Waals surface area contributed by atoms with E-state index in [2.05, 4.69) is 19.8 Å². The van der Waals surface area contributed by atoms with E-state index in [1.165, 1.54) is 25.7 Å². The second kappa shape index (κ2) is 6.15. The lowest BCUT2D eigenvalue weighted by Crippen LogP contribution is -2.51. The Labute approximate surface area is 125 Å². The highest BCUT2D eigenvalue weighted by molar-refractivity contribution is 5.74. The van der Waals surface area contributed by atoms with Crippen molar-refractivity contribution in [3.63, 3.8) is 0 Å². The molecule has 1 saturated carbocycles. The molecule has 0 radical (unpaired) electrons. The van der Waals surface area contributed by atoms with Crippen LogP contribution >= 0.6 is 0 Å². The van der Waals surface area contributed by atoms with E-state index in [4.69, 9.17) is 0 Å². The Hall–Kier alpha value is -1.40. The molecule has 0 spiro atoms. The summed E-state index contributed by atoms with van der Waals surface area (Å²) in [4.78, 5) is 23.5. The van der Waals surface area contributed by atoms with Gasteiger partial charge in [-0.15, -0.1) is 0 Å². The minimum atomic E-state index is -0.798. The summed E-state index contributed by atoms with van der Waals surface area (Å²) in [6.07, 6.45) is 6.95. The number of piperazine rings is 1. The number of carboxylic acid groups (broad SMARTS) is 1. The molecule has 1 aliphatic heterocycles. The van der Waals surface area contributed by atoms with Gasteiger partial charge in [0.2, 0.25) is 0 Å². The summed E-state index contributed by atoms with van der Waals surface area (Å²) in [6, 6.07) is 0.127. The molecule has 6 heteroatoms. The second-order valence-electron chi connectivity index (χ2n) is 6.17. The number of rotatable bonds is 4. The molecular formula is C15H24N4O2. The molecular weight excluding hydrogens is 268 g/mol. The lowest BCUT2D eigenvalue weighted by Gasteiger charge is -2.40. The topological polar surface area (TPSA) is 72.5 Å². The third-order valence-corrected chi connectivity index (χ3v) is 4.81. The fourth-order valence-electron chi connectivity index (χ4n) is 3.69. The number of nitrogens with zero attached hydrogens (tertiary/aromatic N) is 3. The Morgan fingerprint density at radius 1 is 1.33 bits per heavy atom. The van der Waals surface area contributed by atoms with E-state index in [0.29, 0.717) is 5.69 Å². The molecule has 21 heavy (non-hydrogen) atoms. The van der Waals surface area contributed by atoms with E-state index in [1.807, 2.05) is 6.92 Å². The van der Waals surface area contributed by atoms with Gasteiger partial charge in [0.05, 0.1) is 11.9 Å². The Bertz CT molecular complexity index is 488. The van der Waals surface area contributed by atoms with Gasteiger partial charge in [0, 0.05) is 32.2 Å². The first-order valence-corrected chi connectivity index (χ1v) is 7.87. The molecule has 1 unspecified atom stereocenters. The Morgan fingerprint density at radius 3 is 2.52 bits per heavy atom. The fourth-order valence-corrected chi connectivity index (χ4v) is 3.69. The van der Waals surface area contributed by atoms with Gasteiger partial charge in [0.15, 0.2) is 6.04 Å². The van der Waals surface area contributed by atoms with E-state index in [1.54, 1.807) is 6.20 Å². The number of carbonyl (C=O) groups is 1. The van der Waals surface area contributed by atoms with Crippen LogP contribution < -0.4 is 0 Å². The average molecular weight is 292 g/mol. The molecule has 1 atom stereocenters. The highest BCUT2D eigenvalue weighted by atomic mass is 16.4. The minimum Gasteiger partial charge on any atom is -0.480 e. The summed E-state index contributed by atoms with van der Waals surface area (Å²) in [5.41, 5.74) is 0.689. The van der Waals surface area contributed by atoms with Crippen LogP contribution in [0.5, 0.6) is 0 Å². The Kier molecular flexibility index (Phi) is 4.26. The highest BCUT2D eigenvalue weighted by Crippen LogP contribution is 2.27. The van der Waals surface area contributed by atoms with E-state index in [-0.39, 0.29) is 0 Å². The van der Waals surface area contributed by atoms with Crippen molar-refractivity contribution in [2.24, 2.45) is 0 Å². The Balaban J connectivity index is 1.64. The smallest absolute Gasteiger partial charge is 0.327 e. The number of aromatic amines is 1. The quantitative estimate of drug-likeness (QED) is 0.878. The molecule has 2 fully saturated rings. The number of hydrogen-bond acceptors (Lipinski definition) is 4. The van der Waals surface area contributed by atoms with Crippen LogP contribution in [0.15, 0.2) is 6.20 Å². The number of carboxylic acids is 1. The first-order chi connectivity index (χ1) is 10.1. The van der Waals surface area contributed by atoms with Crippen molar-refractivity contribution in [2.45, 2.75) is 44.7 Å². The van der Waals surface area contributed by atoms with Gasteiger partial charge in [-0.3, -0.25) is 14.6 Å². The minimum absolute atomic E-state index is 0.600. The third-order valence-electron chi connectivity index (χ3n) is 4.81. The standard InChI is InChI=1S/C15H24N4O2/c1-11-16-10-13(17-11)14(15(20)21)19-8-6-18(7-9-19)12-4-2-3-5-12/h10,12,14H,2-9H2,1H3,(H,16,17)(H,20,21). The normalized spacial score (nSPS) is 23.5. The van der Waals surface area contributed by atoms with Gasteiger partial charge in [-0.1, -0.05) is 12.8 Å².